The number of carbonyl (C=O) groups excluding carboxylic acids is 1. The summed E-state index contributed by atoms with van der Waals surface area (Å²) < 4.78 is 6.84. The van der Waals surface area contributed by atoms with Crippen LogP contribution in [0.1, 0.15) is 11.4 Å². The fourth-order valence-corrected chi connectivity index (χ4v) is 2.37. The fourth-order valence-electron chi connectivity index (χ4n) is 2.37. The van der Waals surface area contributed by atoms with Gasteiger partial charge in [-0.2, -0.15) is 5.10 Å². The van der Waals surface area contributed by atoms with Crippen molar-refractivity contribution in [3.63, 3.8) is 0 Å². The first-order chi connectivity index (χ1) is 9.90. The van der Waals surface area contributed by atoms with E-state index in [0.717, 1.165) is 11.4 Å². The van der Waals surface area contributed by atoms with Gasteiger partial charge in [0.25, 0.3) is 0 Å². The monoisotopic (exact) mass is 296 g/mol. The van der Waals surface area contributed by atoms with Crippen LogP contribution in [0.15, 0.2) is 0 Å². The standard InChI is InChI=1S/C13H20N4O4/c1-8-12(9(2)16(3)15-8)14-11(18)6-17-4-5-21-7-10(17)13(19)20/h10H,4-7H2,1-3H3,(H,14,18)(H,19,20). The predicted molar refractivity (Wildman–Crippen MR) is 75.1 cm³/mol. The van der Waals surface area contributed by atoms with Crippen molar-refractivity contribution in [2.24, 2.45) is 7.05 Å². The van der Waals surface area contributed by atoms with Crippen LogP contribution in [0.4, 0.5) is 5.69 Å². The molecule has 1 atom stereocenters. The molecule has 0 spiro atoms. The Kier molecular flexibility index (Phi) is 4.59. The number of amides is 1. The van der Waals surface area contributed by atoms with E-state index in [9.17, 15) is 9.59 Å². The third-order valence-electron chi connectivity index (χ3n) is 3.64. The zero-order valence-corrected chi connectivity index (χ0v) is 12.4. The number of carbonyl (C=O) groups is 2. The lowest BCUT2D eigenvalue weighted by Gasteiger charge is -2.32. The Labute approximate surface area is 122 Å². The Morgan fingerprint density at radius 1 is 1.48 bits per heavy atom. The van der Waals surface area contributed by atoms with Crippen molar-refractivity contribution in [3.05, 3.63) is 11.4 Å². The van der Waals surface area contributed by atoms with Crippen molar-refractivity contribution in [3.8, 4) is 0 Å². The summed E-state index contributed by atoms with van der Waals surface area (Å²) in [7, 11) is 1.81. The number of aromatic nitrogens is 2. The molecule has 8 nitrogen and oxygen atoms in total. The maximum Gasteiger partial charge on any atom is 0.323 e. The Morgan fingerprint density at radius 2 is 2.19 bits per heavy atom. The van der Waals surface area contributed by atoms with Gasteiger partial charge in [0.15, 0.2) is 0 Å². The molecule has 1 aromatic heterocycles. The lowest BCUT2D eigenvalue weighted by molar-refractivity contribution is -0.150. The van der Waals surface area contributed by atoms with E-state index in [2.05, 4.69) is 10.4 Å². The minimum absolute atomic E-state index is 0.0219. The van der Waals surface area contributed by atoms with Gasteiger partial charge in [0, 0.05) is 13.6 Å². The van der Waals surface area contributed by atoms with Crippen molar-refractivity contribution in [2.75, 3.05) is 31.6 Å². The minimum atomic E-state index is -0.976. The van der Waals surface area contributed by atoms with Gasteiger partial charge in [0.05, 0.1) is 36.8 Å². The second-order valence-electron chi connectivity index (χ2n) is 5.12. The molecule has 2 N–H and O–H groups in total. The third kappa shape index (κ3) is 3.40. The number of nitrogens with one attached hydrogen (secondary N) is 1. The highest BCUT2D eigenvalue weighted by Crippen LogP contribution is 2.18. The number of hydrogen-bond acceptors (Lipinski definition) is 5. The maximum atomic E-state index is 12.1. The van der Waals surface area contributed by atoms with Crippen molar-refractivity contribution < 1.29 is 19.4 Å². The van der Waals surface area contributed by atoms with E-state index in [1.54, 1.807) is 16.6 Å². The van der Waals surface area contributed by atoms with Gasteiger partial charge in [-0.3, -0.25) is 19.2 Å². The number of ether oxygens (including phenoxy) is 1. The topological polar surface area (TPSA) is 96.7 Å². The van der Waals surface area contributed by atoms with Crippen LogP contribution in [-0.4, -0.2) is 64.0 Å². The van der Waals surface area contributed by atoms with Crippen LogP contribution in [-0.2, 0) is 21.4 Å². The quantitative estimate of drug-likeness (QED) is 0.796. The second kappa shape index (κ2) is 6.23. The zero-order chi connectivity index (χ0) is 15.6. The molecule has 1 aromatic rings. The number of anilines is 1. The van der Waals surface area contributed by atoms with Crippen LogP contribution < -0.4 is 5.32 Å². The highest BCUT2D eigenvalue weighted by molar-refractivity contribution is 5.93. The van der Waals surface area contributed by atoms with Crippen LogP contribution >= 0.6 is 0 Å². The van der Waals surface area contributed by atoms with Crippen molar-refractivity contribution >= 4 is 17.6 Å². The van der Waals surface area contributed by atoms with Gasteiger partial charge in [-0.15, -0.1) is 0 Å². The lowest BCUT2D eigenvalue weighted by Crippen LogP contribution is -2.52. The van der Waals surface area contributed by atoms with E-state index in [0.29, 0.717) is 18.8 Å². The lowest BCUT2D eigenvalue weighted by atomic mass is 10.2. The molecule has 1 amide bonds. The third-order valence-corrected chi connectivity index (χ3v) is 3.64. The Balaban J connectivity index is 2.02. The second-order valence-corrected chi connectivity index (χ2v) is 5.12. The van der Waals surface area contributed by atoms with E-state index < -0.39 is 12.0 Å². The molecule has 0 bridgehead atoms. The predicted octanol–water partition coefficient (Wildman–Crippen LogP) is -0.239. The van der Waals surface area contributed by atoms with Crippen LogP contribution in [0, 0.1) is 13.8 Å². The van der Waals surface area contributed by atoms with Crippen LogP contribution in [0.5, 0.6) is 0 Å². The molecule has 1 saturated heterocycles. The van der Waals surface area contributed by atoms with Crippen molar-refractivity contribution in [1.82, 2.24) is 14.7 Å². The van der Waals surface area contributed by atoms with Gasteiger partial charge in [-0.1, -0.05) is 0 Å². The number of aryl methyl sites for hydroxylation is 2. The molecule has 1 unspecified atom stereocenters. The molecule has 8 heteroatoms. The first-order valence-electron chi connectivity index (χ1n) is 6.74. The first kappa shape index (κ1) is 15.5. The summed E-state index contributed by atoms with van der Waals surface area (Å²) >= 11 is 0. The first-order valence-corrected chi connectivity index (χ1v) is 6.74. The Hall–Kier alpha value is -1.93. The molecule has 21 heavy (non-hydrogen) atoms. The SMILES string of the molecule is Cc1nn(C)c(C)c1NC(=O)CN1CCOCC1C(=O)O. The summed E-state index contributed by atoms with van der Waals surface area (Å²) in [6.07, 6.45) is 0. The highest BCUT2D eigenvalue weighted by atomic mass is 16.5. The summed E-state index contributed by atoms with van der Waals surface area (Å²) in [6.45, 7) is 4.67. The molecule has 1 fully saturated rings. The molecular formula is C13H20N4O4. The van der Waals surface area contributed by atoms with Crippen molar-refractivity contribution in [2.45, 2.75) is 19.9 Å². The van der Waals surface area contributed by atoms with Gasteiger partial charge < -0.3 is 15.2 Å². The summed E-state index contributed by atoms with van der Waals surface area (Å²) in [4.78, 5) is 24.9. The molecule has 1 aliphatic rings. The maximum absolute atomic E-state index is 12.1. The number of carboxylic acid groups (broad SMARTS) is 1. The van der Waals surface area contributed by atoms with Gasteiger partial charge in [0.2, 0.25) is 5.91 Å². The zero-order valence-electron chi connectivity index (χ0n) is 12.4. The summed E-state index contributed by atoms with van der Waals surface area (Å²) in [5.74, 6) is -1.22. The van der Waals surface area contributed by atoms with E-state index in [1.807, 2.05) is 13.8 Å². The van der Waals surface area contributed by atoms with E-state index in [1.165, 1.54) is 0 Å². The molecule has 116 valence electrons. The number of hydrogen-bond donors (Lipinski definition) is 2. The van der Waals surface area contributed by atoms with Crippen LogP contribution in [0.2, 0.25) is 0 Å². The number of nitrogens with zero attached hydrogens (tertiary/aromatic N) is 3. The Bertz CT molecular complexity index is 555. The number of carboxylic acids is 1. The molecule has 0 aromatic carbocycles. The smallest absolute Gasteiger partial charge is 0.323 e. The molecule has 0 radical (unpaired) electrons. The molecule has 0 saturated carbocycles. The molecule has 0 aliphatic carbocycles. The average molecular weight is 296 g/mol. The molecule has 1 aliphatic heterocycles. The number of rotatable bonds is 4. The van der Waals surface area contributed by atoms with Crippen LogP contribution in [0.25, 0.3) is 0 Å². The normalized spacial score (nSPS) is 19.5. The van der Waals surface area contributed by atoms with E-state index >= 15 is 0 Å². The fraction of sp³-hybridized carbons (Fsp3) is 0.615. The van der Waals surface area contributed by atoms with Gasteiger partial charge in [-0.05, 0) is 13.8 Å². The number of aliphatic carboxylic acids is 1. The minimum Gasteiger partial charge on any atom is -0.480 e. The van der Waals surface area contributed by atoms with Crippen LogP contribution in [0.3, 0.4) is 0 Å². The van der Waals surface area contributed by atoms with Gasteiger partial charge in [0.1, 0.15) is 6.04 Å². The molecule has 2 rings (SSSR count). The molecular weight excluding hydrogens is 276 g/mol. The van der Waals surface area contributed by atoms with Gasteiger partial charge in [-0.25, -0.2) is 0 Å². The summed E-state index contributed by atoms with van der Waals surface area (Å²) in [6, 6.07) is -0.777. The largest absolute Gasteiger partial charge is 0.480 e. The average Bonchev–Trinajstić information content (AvgIpc) is 2.66. The molecule has 2 heterocycles. The van der Waals surface area contributed by atoms with Crippen molar-refractivity contribution in [1.29, 1.82) is 0 Å². The summed E-state index contributed by atoms with van der Waals surface area (Å²) in [5, 5.41) is 16.2. The van der Waals surface area contributed by atoms with E-state index in [4.69, 9.17) is 9.84 Å². The van der Waals surface area contributed by atoms with E-state index in [-0.39, 0.29) is 19.1 Å². The Morgan fingerprint density at radius 3 is 2.76 bits per heavy atom. The van der Waals surface area contributed by atoms with Gasteiger partial charge >= 0.3 is 5.97 Å². The summed E-state index contributed by atoms with van der Waals surface area (Å²) in [5.41, 5.74) is 2.28. The number of morpholine rings is 1. The highest BCUT2D eigenvalue weighted by Gasteiger charge is 2.30.